The Labute approximate surface area is 259 Å². The minimum absolute atomic E-state index is 0.0990. The van der Waals surface area contributed by atoms with Crippen LogP contribution in [0.5, 0.6) is 28.7 Å². The molecule has 2 heterocycles. The second-order valence-corrected chi connectivity index (χ2v) is 10.9. The molecule has 1 saturated heterocycles. The summed E-state index contributed by atoms with van der Waals surface area (Å²) < 4.78 is 39.1. The zero-order chi connectivity index (χ0) is 31.0. The number of fused-ring (bicyclic) bond motifs is 3. The summed E-state index contributed by atoms with van der Waals surface area (Å²) in [5.74, 6) is 0.677. The summed E-state index contributed by atoms with van der Waals surface area (Å²) in [4.78, 5) is 25.5. The van der Waals surface area contributed by atoms with E-state index in [0.717, 1.165) is 16.7 Å². The van der Waals surface area contributed by atoms with Crippen molar-refractivity contribution in [2.45, 2.75) is 18.9 Å². The molecule has 2 aliphatic heterocycles. The summed E-state index contributed by atoms with van der Waals surface area (Å²) in [6.45, 7) is 2.36. The number of carbonyl (C=O) groups excluding carboxylic acids is 2. The van der Waals surface area contributed by atoms with Crippen LogP contribution in [0.3, 0.4) is 0 Å². The molecular formula is C32H32N2O9S. The second kappa shape index (κ2) is 12.1. The molecule has 3 aromatic carbocycles. The van der Waals surface area contributed by atoms with Crippen LogP contribution in [0.25, 0.3) is 0 Å². The lowest BCUT2D eigenvalue weighted by atomic mass is 9.65. The number of nitrogens with one attached hydrogen (secondary N) is 2. The van der Waals surface area contributed by atoms with Crippen molar-refractivity contribution in [1.29, 1.82) is 0 Å². The van der Waals surface area contributed by atoms with Gasteiger partial charge in [-0.25, -0.2) is 4.79 Å². The van der Waals surface area contributed by atoms with Crippen molar-refractivity contribution in [3.05, 3.63) is 70.8 Å². The summed E-state index contributed by atoms with van der Waals surface area (Å²) in [6, 6.07) is 14.0. The molecule has 6 rings (SSSR count). The van der Waals surface area contributed by atoms with Gasteiger partial charge in [-0.3, -0.25) is 4.79 Å². The van der Waals surface area contributed by atoms with E-state index in [1.807, 2.05) is 24.3 Å². The highest BCUT2D eigenvalue weighted by Gasteiger charge is 2.53. The molecule has 11 nitrogen and oxygen atoms in total. The van der Waals surface area contributed by atoms with Crippen LogP contribution in [0.1, 0.15) is 45.9 Å². The Hall–Kier alpha value is -4.71. The van der Waals surface area contributed by atoms with Crippen LogP contribution in [0.4, 0.5) is 5.69 Å². The standard InChI is InChI=1S/C32H32N2O9S/c1-5-40-30(35)16-6-8-18(9-7-16)33-32(44)34-28-20-13-23-22(42-15-43-23)12-19(20)26(27-21(28)14-41-31(27)36)17-10-24(37-2)29(39-4)25(11-17)38-3/h6-13,21,26-28H,5,14-15H2,1-4H3,(H2,33,34,44)/t21-,26+,27-,28+/m0/s1. The number of hydrogen-bond donors (Lipinski definition) is 2. The molecule has 44 heavy (non-hydrogen) atoms. The van der Waals surface area contributed by atoms with Crippen molar-refractivity contribution in [1.82, 2.24) is 5.32 Å². The third-order valence-corrected chi connectivity index (χ3v) is 8.39. The number of carbonyl (C=O) groups is 2. The van der Waals surface area contributed by atoms with Crippen LogP contribution in [-0.2, 0) is 14.3 Å². The number of cyclic esters (lactones) is 1. The van der Waals surface area contributed by atoms with E-state index >= 15 is 0 Å². The molecule has 0 radical (unpaired) electrons. The summed E-state index contributed by atoms with van der Waals surface area (Å²) in [6.07, 6.45) is 0. The van der Waals surface area contributed by atoms with E-state index in [-0.39, 0.29) is 25.3 Å². The molecule has 0 amide bonds. The Balaban J connectivity index is 1.38. The number of anilines is 1. The quantitative estimate of drug-likeness (QED) is 0.271. The lowest BCUT2D eigenvalue weighted by molar-refractivity contribution is -0.141. The Morgan fingerprint density at radius 1 is 0.932 bits per heavy atom. The Kier molecular flexibility index (Phi) is 8.09. The minimum atomic E-state index is -0.546. The monoisotopic (exact) mass is 620 g/mol. The van der Waals surface area contributed by atoms with E-state index in [0.29, 0.717) is 51.7 Å². The predicted octanol–water partition coefficient (Wildman–Crippen LogP) is 4.58. The first kappa shape index (κ1) is 29.4. The van der Waals surface area contributed by atoms with Crippen LogP contribution in [0, 0.1) is 11.8 Å². The van der Waals surface area contributed by atoms with Gasteiger partial charge in [0, 0.05) is 17.5 Å². The van der Waals surface area contributed by atoms with Gasteiger partial charge in [-0.1, -0.05) is 0 Å². The Morgan fingerprint density at radius 2 is 1.59 bits per heavy atom. The molecule has 12 heteroatoms. The molecule has 1 fully saturated rings. The smallest absolute Gasteiger partial charge is 0.338 e. The lowest BCUT2D eigenvalue weighted by Gasteiger charge is -2.40. The molecule has 3 aliphatic rings. The van der Waals surface area contributed by atoms with Crippen LogP contribution in [0.15, 0.2) is 48.5 Å². The van der Waals surface area contributed by atoms with E-state index in [1.165, 1.54) is 0 Å². The van der Waals surface area contributed by atoms with Crippen LogP contribution in [0.2, 0.25) is 0 Å². The van der Waals surface area contributed by atoms with Crippen LogP contribution in [-0.4, -0.2) is 58.4 Å². The van der Waals surface area contributed by atoms with Gasteiger partial charge in [0.1, 0.15) is 0 Å². The molecule has 1 aliphatic carbocycles. The normalized spacial score (nSPS) is 21.0. The number of esters is 2. The maximum atomic E-state index is 13.4. The number of benzene rings is 3. The molecule has 230 valence electrons. The fourth-order valence-electron chi connectivity index (χ4n) is 6.24. The topological polar surface area (TPSA) is 123 Å². The summed E-state index contributed by atoms with van der Waals surface area (Å²) in [7, 11) is 4.65. The first-order valence-corrected chi connectivity index (χ1v) is 14.5. The third-order valence-electron chi connectivity index (χ3n) is 8.17. The maximum Gasteiger partial charge on any atom is 0.338 e. The van der Waals surface area contributed by atoms with Crippen LogP contribution < -0.4 is 34.3 Å². The number of methoxy groups -OCH3 is 3. The van der Waals surface area contributed by atoms with Crippen molar-refractivity contribution in [2.75, 3.05) is 46.7 Å². The highest BCUT2D eigenvalue weighted by atomic mass is 32.1. The number of hydrogen-bond acceptors (Lipinski definition) is 10. The molecule has 4 atom stereocenters. The second-order valence-electron chi connectivity index (χ2n) is 10.5. The van der Waals surface area contributed by atoms with E-state index in [4.69, 9.17) is 45.4 Å². The summed E-state index contributed by atoms with van der Waals surface area (Å²) >= 11 is 5.73. The van der Waals surface area contributed by atoms with Gasteiger partial charge >= 0.3 is 11.9 Å². The van der Waals surface area contributed by atoms with Crippen molar-refractivity contribution in [2.24, 2.45) is 11.8 Å². The Morgan fingerprint density at radius 3 is 2.20 bits per heavy atom. The lowest BCUT2D eigenvalue weighted by Crippen LogP contribution is -2.44. The first-order valence-electron chi connectivity index (χ1n) is 14.1. The van der Waals surface area contributed by atoms with Gasteiger partial charge in [0.05, 0.1) is 52.1 Å². The minimum Gasteiger partial charge on any atom is -0.493 e. The molecule has 0 saturated carbocycles. The molecule has 0 unspecified atom stereocenters. The van der Waals surface area contributed by atoms with E-state index in [1.54, 1.807) is 52.5 Å². The number of rotatable bonds is 8. The van der Waals surface area contributed by atoms with E-state index < -0.39 is 23.8 Å². The fourth-order valence-corrected chi connectivity index (χ4v) is 6.49. The van der Waals surface area contributed by atoms with Gasteiger partial charge in [0.2, 0.25) is 12.5 Å². The van der Waals surface area contributed by atoms with Crippen molar-refractivity contribution in [3.8, 4) is 28.7 Å². The fraction of sp³-hybridized carbons (Fsp3) is 0.344. The molecular weight excluding hydrogens is 588 g/mol. The largest absolute Gasteiger partial charge is 0.493 e. The maximum absolute atomic E-state index is 13.4. The predicted molar refractivity (Wildman–Crippen MR) is 163 cm³/mol. The van der Waals surface area contributed by atoms with Gasteiger partial charge in [-0.15, -0.1) is 0 Å². The molecule has 0 bridgehead atoms. The Bertz CT molecular complexity index is 1580. The average Bonchev–Trinajstić information content (AvgIpc) is 3.66. The van der Waals surface area contributed by atoms with Gasteiger partial charge in [-0.2, -0.15) is 0 Å². The number of thiocarbonyl (C=S) groups is 1. The zero-order valence-corrected chi connectivity index (χ0v) is 25.4. The molecule has 3 aromatic rings. The van der Waals surface area contributed by atoms with Gasteiger partial charge in [-0.05, 0) is 84.4 Å². The zero-order valence-electron chi connectivity index (χ0n) is 24.6. The highest BCUT2D eigenvalue weighted by molar-refractivity contribution is 7.80. The van der Waals surface area contributed by atoms with Crippen molar-refractivity contribution in [3.63, 3.8) is 0 Å². The third kappa shape index (κ3) is 5.19. The van der Waals surface area contributed by atoms with Crippen molar-refractivity contribution >= 4 is 35.0 Å². The van der Waals surface area contributed by atoms with Gasteiger partial charge < -0.3 is 43.8 Å². The summed E-state index contributed by atoms with van der Waals surface area (Å²) in [5, 5.41) is 6.96. The highest BCUT2D eigenvalue weighted by Crippen LogP contribution is 2.55. The molecule has 0 aromatic heterocycles. The summed E-state index contributed by atoms with van der Waals surface area (Å²) in [5.41, 5.74) is 3.69. The molecule has 2 N–H and O–H groups in total. The van der Waals surface area contributed by atoms with Gasteiger partial charge in [0.25, 0.3) is 0 Å². The van der Waals surface area contributed by atoms with Crippen molar-refractivity contribution < 1.29 is 42.7 Å². The SMILES string of the molecule is CCOC(=O)c1ccc(NC(=S)N[C@@H]2c3cc4c(cc3[C@@H](c3cc(OC)c(OC)c(OC)c3)[C@H]3C(=O)OC[C@@H]32)OCO4)cc1. The molecule has 0 spiro atoms. The first-order chi connectivity index (χ1) is 21.4. The van der Waals surface area contributed by atoms with Gasteiger partial charge in [0.15, 0.2) is 28.1 Å². The number of ether oxygens (including phenoxy) is 7. The van der Waals surface area contributed by atoms with E-state index in [9.17, 15) is 9.59 Å². The van der Waals surface area contributed by atoms with E-state index in [2.05, 4.69) is 10.6 Å². The van der Waals surface area contributed by atoms with Crippen LogP contribution >= 0.6 is 12.2 Å². The average molecular weight is 621 g/mol.